The lowest BCUT2D eigenvalue weighted by Crippen LogP contribution is -2.37. The van der Waals surface area contributed by atoms with Gasteiger partial charge in [-0.1, -0.05) is 0 Å². The molecule has 6 heteroatoms. The van der Waals surface area contributed by atoms with Gasteiger partial charge < -0.3 is 15.2 Å². The number of rotatable bonds is 4. The molecule has 3 rings (SSSR count). The van der Waals surface area contributed by atoms with Crippen LogP contribution in [0.5, 0.6) is 0 Å². The number of carbonyl (C=O) groups excluding carboxylic acids is 1. The Kier molecular flexibility index (Phi) is 4.32. The Morgan fingerprint density at radius 3 is 2.91 bits per heavy atom. The van der Waals surface area contributed by atoms with Gasteiger partial charge in [0, 0.05) is 43.6 Å². The molecule has 0 saturated carbocycles. The topological polar surface area (TPSA) is 77.0 Å². The van der Waals surface area contributed by atoms with Gasteiger partial charge in [0.25, 0.3) is 5.91 Å². The van der Waals surface area contributed by atoms with E-state index in [0.29, 0.717) is 23.3 Å². The molecule has 0 unspecified atom stereocenters. The molecule has 1 aliphatic heterocycles. The lowest BCUT2D eigenvalue weighted by atomic mass is 9.96. The number of imidazole rings is 1. The summed E-state index contributed by atoms with van der Waals surface area (Å²) in [7, 11) is 0. The minimum absolute atomic E-state index is 0.337. The van der Waals surface area contributed by atoms with E-state index in [9.17, 15) is 4.79 Å². The maximum Gasteiger partial charge on any atom is 0.252 e. The largest absolute Gasteiger partial charge is 0.365 e. The molecule has 122 valence electrons. The van der Waals surface area contributed by atoms with Crippen LogP contribution < -0.4 is 10.6 Å². The minimum atomic E-state index is -0.432. The summed E-state index contributed by atoms with van der Waals surface area (Å²) >= 11 is 0. The zero-order valence-corrected chi connectivity index (χ0v) is 13.6. The molecule has 0 spiro atoms. The molecule has 1 amide bonds. The molecule has 0 radical (unpaired) electrons. The third-order valence-electron chi connectivity index (χ3n) is 4.39. The zero-order valence-electron chi connectivity index (χ0n) is 13.6. The molecule has 0 aromatic carbocycles. The molecule has 1 atom stereocenters. The first-order valence-corrected chi connectivity index (χ1v) is 8.10. The Morgan fingerprint density at radius 2 is 2.17 bits per heavy atom. The number of amides is 1. The first-order chi connectivity index (χ1) is 11.1. The molecule has 2 N–H and O–H groups in total. The summed E-state index contributed by atoms with van der Waals surface area (Å²) in [6.45, 7) is 6.02. The highest BCUT2D eigenvalue weighted by molar-refractivity contribution is 5.97. The predicted octanol–water partition coefficient (Wildman–Crippen LogP) is 2.34. The molecule has 0 bridgehead atoms. The number of nitrogens with two attached hydrogens (primary N) is 1. The molecule has 6 nitrogen and oxygen atoms in total. The highest BCUT2D eigenvalue weighted by atomic mass is 16.1. The van der Waals surface area contributed by atoms with Gasteiger partial charge in [-0.15, -0.1) is 0 Å². The van der Waals surface area contributed by atoms with Crippen LogP contribution in [0, 0.1) is 0 Å². The third-order valence-corrected chi connectivity index (χ3v) is 4.39. The fourth-order valence-corrected chi connectivity index (χ4v) is 3.30. The van der Waals surface area contributed by atoms with Gasteiger partial charge in [0.15, 0.2) is 0 Å². The van der Waals surface area contributed by atoms with E-state index in [4.69, 9.17) is 5.73 Å². The fraction of sp³-hybridized carbons (Fsp3) is 0.471. The average molecular weight is 313 g/mol. The normalized spacial score (nSPS) is 18.4. The predicted molar refractivity (Wildman–Crippen MR) is 89.6 cm³/mol. The second-order valence-electron chi connectivity index (χ2n) is 6.31. The van der Waals surface area contributed by atoms with Crippen LogP contribution in [0.1, 0.15) is 54.8 Å². The van der Waals surface area contributed by atoms with Crippen molar-refractivity contribution in [1.29, 1.82) is 0 Å². The number of hydrogen-bond acceptors (Lipinski definition) is 4. The monoisotopic (exact) mass is 313 g/mol. The van der Waals surface area contributed by atoms with Crippen LogP contribution >= 0.6 is 0 Å². The van der Waals surface area contributed by atoms with E-state index in [0.717, 1.165) is 31.8 Å². The second kappa shape index (κ2) is 6.40. The second-order valence-corrected chi connectivity index (χ2v) is 6.31. The van der Waals surface area contributed by atoms with Crippen molar-refractivity contribution in [3.63, 3.8) is 0 Å². The van der Waals surface area contributed by atoms with Gasteiger partial charge in [0.2, 0.25) is 0 Å². The lowest BCUT2D eigenvalue weighted by molar-refractivity contribution is 0.100. The van der Waals surface area contributed by atoms with Gasteiger partial charge in [-0.25, -0.2) is 9.97 Å². The van der Waals surface area contributed by atoms with E-state index in [-0.39, 0.29) is 0 Å². The maximum atomic E-state index is 11.7. The number of pyridine rings is 1. The van der Waals surface area contributed by atoms with Gasteiger partial charge in [-0.3, -0.25) is 4.79 Å². The maximum absolute atomic E-state index is 11.7. The molecule has 1 fully saturated rings. The number of hydrogen-bond donors (Lipinski definition) is 1. The van der Waals surface area contributed by atoms with Crippen molar-refractivity contribution >= 4 is 11.7 Å². The Morgan fingerprint density at radius 1 is 1.35 bits per heavy atom. The highest BCUT2D eigenvalue weighted by Crippen LogP contribution is 2.30. The van der Waals surface area contributed by atoms with Gasteiger partial charge in [-0.2, -0.15) is 0 Å². The van der Waals surface area contributed by atoms with Gasteiger partial charge in [-0.05, 0) is 38.8 Å². The highest BCUT2D eigenvalue weighted by Gasteiger charge is 2.27. The van der Waals surface area contributed by atoms with Crippen LogP contribution in [0.2, 0.25) is 0 Å². The molecule has 2 aromatic heterocycles. The number of aromatic nitrogens is 3. The van der Waals surface area contributed by atoms with Crippen LogP contribution in [0.25, 0.3) is 0 Å². The Bertz CT molecular complexity index is 694. The minimum Gasteiger partial charge on any atom is -0.365 e. The zero-order chi connectivity index (χ0) is 16.4. The summed E-state index contributed by atoms with van der Waals surface area (Å²) in [5.74, 6) is 1.70. The van der Waals surface area contributed by atoms with Crippen molar-refractivity contribution in [1.82, 2.24) is 14.5 Å². The van der Waals surface area contributed by atoms with Crippen molar-refractivity contribution in [2.75, 3.05) is 18.0 Å². The van der Waals surface area contributed by atoms with E-state index in [1.54, 1.807) is 18.3 Å². The van der Waals surface area contributed by atoms with Crippen LogP contribution in [-0.4, -0.2) is 33.5 Å². The SMILES string of the molecule is CC(C)n1ccnc1[C@@H]1CCCN(c2ncccc2C(N)=O)C1. The molecule has 1 aliphatic rings. The van der Waals surface area contributed by atoms with Gasteiger partial charge >= 0.3 is 0 Å². The van der Waals surface area contributed by atoms with Crippen LogP contribution in [0.3, 0.4) is 0 Å². The van der Waals surface area contributed by atoms with E-state index >= 15 is 0 Å². The average Bonchev–Trinajstić information content (AvgIpc) is 3.05. The molecule has 23 heavy (non-hydrogen) atoms. The fourth-order valence-electron chi connectivity index (χ4n) is 3.30. The van der Waals surface area contributed by atoms with Gasteiger partial charge in [0.05, 0.1) is 5.56 Å². The molecular weight excluding hydrogens is 290 g/mol. The molecule has 2 aromatic rings. The van der Waals surface area contributed by atoms with Gasteiger partial charge in [0.1, 0.15) is 11.6 Å². The molecule has 3 heterocycles. The van der Waals surface area contributed by atoms with Crippen molar-refractivity contribution < 1.29 is 4.79 Å². The van der Waals surface area contributed by atoms with Crippen molar-refractivity contribution in [3.8, 4) is 0 Å². The lowest BCUT2D eigenvalue weighted by Gasteiger charge is -2.34. The van der Waals surface area contributed by atoms with Crippen LogP contribution in [0.15, 0.2) is 30.7 Å². The Balaban J connectivity index is 1.87. The van der Waals surface area contributed by atoms with Crippen LogP contribution in [0.4, 0.5) is 5.82 Å². The standard InChI is InChI=1S/C17H23N5O/c1-12(2)22-10-8-20-16(22)13-5-4-9-21(11-13)17-14(15(18)23)6-3-7-19-17/h3,6-8,10,12-13H,4-5,9,11H2,1-2H3,(H2,18,23)/t13-/m1/s1. The summed E-state index contributed by atoms with van der Waals surface area (Å²) in [4.78, 5) is 22.8. The van der Waals surface area contributed by atoms with Crippen LogP contribution in [-0.2, 0) is 0 Å². The van der Waals surface area contributed by atoms with E-state index in [1.807, 2.05) is 12.4 Å². The first-order valence-electron chi connectivity index (χ1n) is 8.10. The quantitative estimate of drug-likeness (QED) is 0.940. The van der Waals surface area contributed by atoms with Crippen molar-refractivity contribution in [2.45, 2.75) is 38.6 Å². The van der Waals surface area contributed by atoms with E-state index < -0.39 is 5.91 Å². The smallest absolute Gasteiger partial charge is 0.252 e. The van der Waals surface area contributed by atoms with Crippen molar-refractivity contribution in [3.05, 3.63) is 42.1 Å². The summed E-state index contributed by atoms with van der Waals surface area (Å²) in [5.41, 5.74) is 5.98. The van der Waals surface area contributed by atoms with Crippen molar-refractivity contribution in [2.24, 2.45) is 5.73 Å². The summed E-state index contributed by atoms with van der Waals surface area (Å²) in [6.07, 6.45) is 7.75. The number of primary amides is 1. The third kappa shape index (κ3) is 3.06. The summed E-state index contributed by atoms with van der Waals surface area (Å²) < 4.78 is 2.22. The number of piperidine rings is 1. The first kappa shape index (κ1) is 15.5. The molecular formula is C17H23N5O. The molecule has 0 aliphatic carbocycles. The number of anilines is 1. The Hall–Kier alpha value is -2.37. The number of nitrogens with zero attached hydrogens (tertiary/aromatic N) is 4. The summed E-state index contributed by atoms with van der Waals surface area (Å²) in [5, 5.41) is 0. The van der Waals surface area contributed by atoms with E-state index in [1.165, 1.54) is 0 Å². The van der Waals surface area contributed by atoms with E-state index in [2.05, 4.69) is 33.3 Å². The Labute approximate surface area is 136 Å². The molecule has 1 saturated heterocycles. The summed E-state index contributed by atoms with van der Waals surface area (Å²) in [6, 6.07) is 3.87. The number of carbonyl (C=O) groups is 1.